The second kappa shape index (κ2) is 14.1. The van der Waals surface area contributed by atoms with Crippen LogP contribution in [0, 0.1) is 0 Å². The first kappa shape index (κ1) is 28.6. The van der Waals surface area contributed by atoms with E-state index in [0.717, 1.165) is 19.0 Å². The summed E-state index contributed by atoms with van der Waals surface area (Å²) in [6.07, 6.45) is 18.8. The average Bonchev–Trinajstić information content (AvgIpc) is 3.35. The molecule has 0 saturated carbocycles. The fraction of sp³-hybridized carbons (Fsp3) is 0.467. The molecule has 0 aliphatic rings. The van der Waals surface area contributed by atoms with Crippen molar-refractivity contribution in [3.63, 3.8) is 0 Å². The summed E-state index contributed by atoms with van der Waals surface area (Å²) in [7, 11) is 2.00. The molecule has 0 spiro atoms. The minimum absolute atomic E-state index is 0.314. The summed E-state index contributed by atoms with van der Waals surface area (Å²) in [5.74, 6) is -0.673. The van der Waals surface area contributed by atoms with Gasteiger partial charge >= 0.3 is 209 Å². The van der Waals surface area contributed by atoms with Crippen LogP contribution in [0.1, 0.15) is 77.0 Å². The van der Waals surface area contributed by atoms with Gasteiger partial charge in [0.1, 0.15) is 0 Å². The Morgan fingerprint density at radius 3 is 1.61 bits per heavy atom. The quantitative estimate of drug-likeness (QED) is 0.136. The first-order valence-electron chi connectivity index (χ1n) is 13.5. The van der Waals surface area contributed by atoms with Crippen LogP contribution in [-0.4, -0.2) is 27.0 Å². The number of hydrogen-bond donors (Lipinski definition) is 1. The van der Waals surface area contributed by atoms with Gasteiger partial charge in [0.05, 0.1) is 0 Å². The zero-order valence-corrected chi connectivity index (χ0v) is 24.2. The molecular weight excluding hydrogens is 531 g/mol. The van der Waals surface area contributed by atoms with E-state index in [9.17, 15) is 4.79 Å². The summed E-state index contributed by atoms with van der Waals surface area (Å²) < 4.78 is 1.93. The second-order valence-electron chi connectivity index (χ2n) is 9.98. The molecule has 4 nitrogen and oxygen atoms in total. The number of nitrogens with zero attached hydrogens (tertiary/aromatic N) is 2. The number of carboxylic acids is 1. The monoisotopic (exact) mass is 572 g/mol. The third kappa shape index (κ3) is 7.29. The molecule has 0 saturated heterocycles. The van der Waals surface area contributed by atoms with Crippen molar-refractivity contribution < 1.29 is 9.90 Å². The van der Waals surface area contributed by atoms with E-state index in [-0.39, 0.29) is 0 Å². The first-order valence-corrected chi connectivity index (χ1v) is 17.9. The third-order valence-corrected chi connectivity index (χ3v) is 17.3. The summed E-state index contributed by atoms with van der Waals surface area (Å²) in [5.41, 5.74) is 0. The van der Waals surface area contributed by atoms with Gasteiger partial charge in [-0.05, 0) is 0 Å². The number of aromatic nitrogens is 2. The van der Waals surface area contributed by atoms with Crippen molar-refractivity contribution >= 4 is 42.7 Å². The van der Waals surface area contributed by atoms with E-state index in [2.05, 4.69) is 93.6 Å². The van der Waals surface area contributed by atoms with Crippen LogP contribution in [-0.2, 0) is 11.8 Å². The number of carbonyl (C=O) groups is 1. The SMILES string of the molecule is Cn1cc(P(Br)(CCCCCCCCCCCCCC(=O)O)(c2ccccc2)c2ccccc2)cn1. The van der Waals surface area contributed by atoms with Crippen LogP contribution in [0.3, 0.4) is 0 Å². The summed E-state index contributed by atoms with van der Waals surface area (Å²) >= 11 is 4.51. The van der Waals surface area contributed by atoms with Crippen LogP contribution in [0.4, 0.5) is 0 Å². The van der Waals surface area contributed by atoms with Gasteiger partial charge in [-0.25, -0.2) is 0 Å². The van der Waals surface area contributed by atoms with E-state index in [0.29, 0.717) is 6.42 Å². The van der Waals surface area contributed by atoms with Gasteiger partial charge in [-0.2, -0.15) is 0 Å². The second-order valence-corrected chi connectivity index (χ2v) is 19.0. The van der Waals surface area contributed by atoms with E-state index in [1.807, 2.05) is 11.7 Å². The molecule has 0 unspecified atom stereocenters. The molecule has 1 heterocycles. The van der Waals surface area contributed by atoms with E-state index >= 15 is 0 Å². The predicted molar refractivity (Wildman–Crippen MR) is 159 cm³/mol. The van der Waals surface area contributed by atoms with Gasteiger partial charge in [-0.1, -0.05) is 0 Å². The Kier molecular flexibility index (Phi) is 11.2. The number of halogens is 1. The Morgan fingerprint density at radius 1 is 0.750 bits per heavy atom. The van der Waals surface area contributed by atoms with Gasteiger partial charge in [-0.15, -0.1) is 0 Å². The number of aryl methyl sites for hydroxylation is 1. The number of hydrogen-bond acceptors (Lipinski definition) is 2. The van der Waals surface area contributed by atoms with Crippen molar-refractivity contribution in [3.05, 3.63) is 73.1 Å². The van der Waals surface area contributed by atoms with E-state index < -0.39 is 11.3 Å². The van der Waals surface area contributed by atoms with Crippen LogP contribution >= 0.6 is 20.8 Å². The van der Waals surface area contributed by atoms with Crippen molar-refractivity contribution in [2.75, 3.05) is 6.16 Å². The summed E-state index contributed by atoms with van der Waals surface area (Å²) in [6.45, 7) is 0. The zero-order chi connectivity index (χ0) is 25.7. The predicted octanol–water partition coefficient (Wildman–Crippen LogP) is 7.33. The fourth-order valence-electron chi connectivity index (χ4n) is 5.24. The molecule has 2 aromatic carbocycles. The molecule has 1 aromatic heterocycles. The molecular formula is C30H42BrN2O2P. The van der Waals surface area contributed by atoms with Crippen molar-refractivity contribution in [2.24, 2.45) is 7.05 Å². The fourth-order valence-corrected chi connectivity index (χ4v) is 12.7. The molecule has 0 aliphatic carbocycles. The topological polar surface area (TPSA) is 55.1 Å². The Bertz CT molecular complexity index is 1020. The zero-order valence-electron chi connectivity index (χ0n) is 21.7. The number of carboxylic acid groups (broad SMARTS) is 1. The molecule has 6 heteroatoms. The van der Waals surface area contributed by atoms with Gasteiger partial charge in [-0.3, -0.25) is 4.79 Å². The normalized spacial score (nSPS) is 12.8. The Balaban J connectivity index is 1.57. The molecule has 0 radical (unpaired) electrons. The Labute approximate surface area is 225 Å². The van der Waals surface area contributed by atoms with Crippen molar-refractivity contribution in [3.8, 4) is 0 Å². The number of aliphatic carboxylic acids is 1. The Morgan fingerprint density at radius 2 is 1.19 bits per heavy atom. The standard InChI is InChI=1S/C30H42BrN2O2P/c1-33-26-29(25-32-33)36(31,27-19-13-11-14-20-27,28-21-15-12-16-22-28)24-18-10-8-6-4-2-3-5-7-9-17-23-30(34)35/h11-16,19-22,25-26H,2-10,17-18,23-24H2,1H3,(H,34,35). The van der Waals surface area contributed by atoms with Crippen LogP contribution in [0.5, 0.6) is 0 Å². The van der Waals surface area contributed by atoms with E-state index in [4.69, 9.17) is 5.11 Å². The van der Waals surface area contributed by atoms with Crippen LogP contribution in [0.2, 0.25) is 0 Å². The van der Waals surface area contributed by atoms with Crippen molar-refractivity contribution in [1.29, 1.82) is 0 Å². The molecule has 3 aromatic rings. The van der Waals surface area contributed by atoms with Gasteiger partial charge in [0.2, 0.25) is 0 Å². The number of rotatable bonds is 17. The molecule has 0 fully saturated rings. The molecule has 196 valence electrons. The first-order chi connectivity index (χ1) is 17.4. The molecule has 0 bridgehead atoms. The van der Waals surface area contributed by atoms with Gasteiger partial charge in [0.25, 0.3) is 0 Å². The summed E-state index contributed by atoms with van der Waals surface area (Å²) in [6, 6.07) is 22.0. The maximum absolute atomic E-state index is 10.6. The molecule has 36 heavy (non-hydrogen) atoms. The molecule has 1 N–H and O–H groups in total. The van der Waals surface area contributed by atoms with Gasteiger partial charge in [0.15, 0.2) is 0 Å². The molecule has 0 aliphatic heterocycles. The van der Waals surface area contributed by atoms with E-state index in [1.165, 1.54) is 73.7 Å². The summed E-state index contributed by atoms with van der Waals surface area (Å²) in [5, 5.41) is 14.5. The maximum atomic E-state index is 10.6. The Hall–Kier alpha value is -1.97. The number of unbranched alkanes of at least 4 members (excludes halogenated alkanes) is 10. The third-order valence-electron chi connectivity index (χ3n) is 7.29. The average molecular weight is 574 g/mol. The molecule has 0 atom stereocenters. The van der Waals surface area contributed by atoms with Crippen LogP contribution < -0.4 is 15.9 Å². The van der Waals surface area contributed by atoms with Crippen molar-refractivity contribution in [1.82, 2.24) is 9.78 Å². The van der Waals surface area contributed by atoms with Crippen molar-refractivity contribution in [2.45, 2.75) is 77.0 Å². The number of benzene rings is 2. The molecule has 0 amide bonds. The molecule has 3 rings (SSSR count). The minimum atomic E-state index is -2.83. The van der Waals surface area contributed by atoms with Crippen LogP contribution in [0.15, 0.2) is 73.1 Å². The van der Waals surface area contributed by atoms with Gasteiger partial charge in [0, 0.05) is 6.42 Å². The van der Waals surface area contributed by atoms with Crippen LogP contribution in [0.25, 0.3) is 0 Å². The van der Waals surface area contributed by atoms with Gasteiger partial charge < -0.3 is 5.11 Å². The summed E-state index contributed by atoms with van der Waals surface area (Å²) in [4.78, 5) is 10.6. The van der Waals surface area contributed by atoms with E-state index in [1.54, 1.807) is 0 Å².